The topological polar surface area (TPSA) is 103 Å². The van der Waals surface area contributed by atoms with Gasteiger partial charge in [-0.3, -0.25) is 14.4 Å². The highest BCUT2D eigenvalue weighted by atomic mass is 16.5. The lowest BCUT2D eigenvalue weighted by Gasteiger charge is -2.42. The molecule has 3 heterocycles. The highest BCUT2D eigenvalue weighted by Crippen LogP contribution is 2.25. The summed E-state index contributed by atoms with van der Waals surface area (Å²) in [5, 5.41) is 12.0. The zero-order valence-electron chi connectivity index (χ0n) is 28.6. The molecule has 3 saturated heterocycles. The molecular weight excluding hydrogens is 626 g/mol. The van der Waals surface area contributed by atoms with E-state index in [0.29, 0.717) is 32.0 Å². The second-order valence-corrected chi connectivity index (χ2v) is 13.9. The fraction of sp³-hybridized carbons (Fsp3) is 0.390. The number of hydrogen-bond acceptors (Lipinski definition) is 6. The number of benzene rings is 4. The van der Waals surface area contributed by atoms with Gasteiger partial charge >= 0.3 is 0 Å². The highest BCUT2D eigenvalue weighted by Gasteiger charge is 2.42. The van der Waals surface area contributed by atoms with Gasteiger partial charge in [-0.25, -0.2) is 0 Å². The highest BCUT2D eigenvalue weighted by molar-refractivity contribution is 5.97. The van der Waals surface area contributed by atoms with Crippen LogP contribution >= 0.6 is 0 Å². The summed E-state index contributed by atoms with van der Waals surface area (Å²) in [5.74, 6) is -0.0746. The average molecular weight is 674 g/mol. The van der Waals surface area contributed by atoms with Gasteiger partial charge in [-0.1, -0.05) is 97.1 Å². The van der Waals surface area contributed by atoms with Gasteiger partial charge in [0.25, 0.3) is 0 Å². The van der Waals surface area contributed by atoms with Crippen LogP contribution in [0.5, 0.6) is 0 Å². The van der Waals surface area contributed by atoms with Crippen molar-refractivity contribution in [2.75, 3.05) is 45.9 Å². The third kappa shape index (κ3) is 8.24. The molecule has 0 spiro atoms. The Bertz CT molecular complexity index is 1770. The Morgan fingerprint density at radius 3 is 2.26 bits per heavy atom. The maximum Gasteiger partial charge on any atom is 0.246 e. The molecule has 9 nitrogen and oxygen atoms in total. The molecular formula is C41H47N5O4. The van der Waals surface area contributed by atoms with Crippen molar-refractivity contribution in [1.82, 2.24) is 25.8 Å². The van der Waals surface area contributed by atoms with E-state index in [1.54, 1.807) is 4.90 Å². The Morgan fingerprint density at radius 2 is 1.50 bits per heavy atom. The lowest BCUT2D eigenvalue weighted by atomic mass is 9.95. The van der Waals surface area contributed by atoms with Crippen LogP contribution < -0.4 is 16.0 Å². The zero-order valence-corrected chi connectivity index (χ0v) is 28.6. The molecule has 3 fully saturated rings. The number of carbonyl (C=O) groups is 3. The fourth-order valence-electron chi connectivity index (χ4n) is 7.50. The van der Waals surface area contributed by atoms with Gasteiger partial charge in [0.15, 0.2) is 0 Å². The number of morpholine rings is 1. The molecule has 3 aliphatic rings. The van der Waals surface area contributed by atoms with E-state index in [4.69, 9.17) is 4.74 Å². The summed E-state index contributed by atoms with van der Waals surface area (Å²) in [5.41, 5.74) is 4.11. The van der Waals surface area contributed by atoms with Gasteiger partial charge in [-0.05, 0) is 64.9 Å². The minimum Gasteiger partial charge on any atom is -0.375 e. The molecule has 4 aromatic rings. The average Bonchev–Trinajstić information content (AvgIpc) is 3.16. The number of rotatable bonds is 11. The van der Waals surface area contributed by atoms with Gasteiger partial charge in [0, 0.05) is 32.6 Å². The first-order valence-electron chi connectivity index (χ1n) is 18.0. The Kier molecular flexibility index (Phi) is 10.8. The Hall–Kier alpha value is -4.57. The molecule has 3 amide bonds. The third-order valence-corrected chi connectivity index (χ3v) is 10.3. The molecule has 3 aliphatic heterocycles. The number of ether oxygens (including phenoxy) is 1. The maximum atomic E-state index is 14.5. The van der Waals surface area contributed by atoms with Crippen molar-refractivity contribution in [3.63, 3.8) is 0 Å². The number of nitrogens with one attached hydrogen (secondary N) is 3. The minimum absolute atomic E-state index is 0.0390. The molecule has 0 saturated carbocycles. The van der Waals surface area contributed by atoms with Crippen LogP contribution in [0.4, 0.5) is 0 Å². The van der Waals surface area contributed by atoms with Crippen LogP contribution in [0, 0.1) is 5.92 Å². The second-order valence-electron chi connectivity index (χ2n) is 13.9. The van der Waals surface area contributed by atoms with Crippen molar-refractivity contribution in [3.05, 3.63) is 108 Å². The number of carbonyl (C=O) groups excluding carboxylic acids is 3. The van der Waals surface area contributed by atoms with Crippen LogP contribution in [0.1, 0.15) is 30.4 Å². The first kappa shape index (κ1) is 33.9. The van der Waals surface area contributed by atoms with E-state index < -0.39 is 12.1 Å². The number of amides is 3. The smallest absolute Gasteiger partial charge is 0.246 e. The molecule has 0 radical (unpaired) electrons. The largest absolute Gasteiger partial charge is 0.375 e. The quantitative estimate of drug-likeness (QED) is 0.221. The van der Waals surface area contributed by atoms with E-state index in [2.05, 4.69) is 64.5 Å². The van der Waals surface area contributed by atoms with Gasteiger partial charge in [0.2, 0.25) is 17.7 Å². The number of hydrogen-bond donors (Lipinski definition) is 3. The summed E-state index contributed by atoms with van der Waals surface area (Å²) < 4.78 is 5.89. The van der Waals surface area contributed by atoms with Crippen molar-refractivity contribution >= 4 is 28.5 Å². The molecule has 7 rings (SSSR count). The molecule has 50 heavy (non-hydrogen) atoms. The molecule has 3 unspecified atom stereocenters. The van der Waals surface area contributed by atoms with E-state index in [0.717, 1.165) is 65.5 Å². The summed E-state index contributed by atoms with van der Waals surface area (Å²) in [6.07, 6.45) is 2.35. The third-order valence-electron chi connectivity index (χ3n) is 10.3. The summed E-state index contributed by atoms with van der Waals surface area (Å²) in [4.78, 5) is 46.1. The molecule has 0 aliphatic carbocycles. The summed E-state index contributed by atoms with van der Waals surface area (Å²) >= 11 is 0. The minimum atomic E-state index is -0.819. The van der Waals surface area contributed by atoms with Crippen molar-refractivity contribution in [3.8, 4) is 11.1 Å². The van der Waals surface area contributed by atoms with Gasteiger partial charge < -0.3 is 30.5 Å². The lowest BCUT2D eigenvalue weighted by molar-refractivity contribution is -0.152. The van der Waals surface area contributed by atoms with E-state index in [1.807, 2.05) is 53.4 Å². The van der Waals surface area contributed by atoms with Crippen molar-refractivity contribution < 1.29 is 19.1 Å². The SMILES string of the molecule is O=C1NC(Cc2ccc3ccccc3c2)C(=O)N(Cc2ccc(-c3ccccc3)cc2)C1CN(CC1CCNCC1)C(=O)CC1CNCCO1. The first-order chi connectivity index (χ1) is 24.5. The molecule has 9 heteroatoms. The van der Waals surface area contributed by atoms with Gasteiger partial charge in [-0.15, -0.1) is 0 Å². The number of piperidine rings is 1. The molecule has 3 atom stereocenters. The molecule has 0 aromatic heterocycles. The predicted molar refractivity (Wildman–Crippen MR) is 195 cm³/mol. The number of piperazine rings is 1. The fourth-order valence-corrected chi connectivity index (χ4v) is 7.50. The van der Waals surface area contributed by atoms with E-state index in [9.17, 15) is 14.4 Å². The van der Waals surface area contributed by atoms with Crippen molar-refractivity contribution in [2.45, 2.75) is 50.4 Å². The number of fused-ring (bicyclic) bond motifs is 1. The lowest BCUT2D eigenvalue weighted by Crippen LogP contribution is -2.66. The first-order valence-corrected chi connectivity index (χ1v) is 18.0. The van der Waals surface area contributed by atoms with Gasteiger partial charge in [-0.2, -0.15) is 0 Å². The Morgan fingerprint density at radius 1 is 0.780 bits per heavy atom. The standard InChI is InChI=1S/C41H47N5O4/c47-39(24-36-25-43-20-21-50-36)45(26-30-16-18-42-19-17-30)28-38-40(48)44-37(23-31-12-15-33-8-4-5-9-35(33)22-31)41(49)46(38)27-29-10-13-34(14-11-29)32-6-2-1-3-7-32/h1-15,22,30,36-38,42-43H,16-21,23-28H2,(H,44,48). The van der Waals surface area contributed by atoms with Crippen LogP contribution in [0.25, 0.3) is 21.9 Å². The number of nitrogens with zero attached hydrogens (tertiary/aromatic N) is 2. The summed E-state index contributed by atoms with van der Waals surface area (Å²) in [6.45, 7) is 4.75. The molecule has 4 aromatic carbocycles. The molecule has 0 bridgehead atoms. The van der Waals surface area contributed by atoms with Crippen LogP contribution in [0.2, 0.25) is 0 Å². The Labute approximate surface area is 294 Å². The van der Waals surface area contributed by atoms with E-state index >= 15 is 0 Å². The molecule has 3 N–H and O–H groups in total. The van der Waals surface area contributed by atoms with Crippen LogP contribution in [0.15, 0.2) is 97.1 Å². The normalized spacial score (nSPS) is 21.6. The second kappa shape index (κ2) is 16.0. The zero-order chi connectivity index (χ0) is 34.3. The van der Waals surface area contributed by atoms with Gasteiger partial charge in [0.1, 0.15) is 12.1 Å². The Balaban J connectivity index is 1.15. The predicted octanol–water partition coefficient (Wildman–Crippen LogP) is 4.15. The summed E-state index contributed by atoms with van der Waals surface area (Å²) in [7, 11) is 0. The van der Waals surface area contributed by atoms with Crippen LogP contribution in [-0.2, 0) is 32.1 Å². The van der Waals surface area contributed by atoms with Crippen molar-refractivity contribution in [2.24, 2.45) is 5.92 Å². The molecule has 260 valence electrons. The monoisotopic (exact) mass is 673 g/mol. The van der Waals surface area contributed by atoms with Gasteiger partial charge in [0.05, 0.1) is 25.7 Å². The summed E-state index contributed by atoms with van der Waals surface area (Å²) in [6, 6.07) is 31.2. The van der Waals surface area contributed by atoms with Crippen LogP contribution in [-0.4, -0.2) is 91.6 Å². The maximum absolute atomic E-state index is 14.5. The van der Waals surface area contributed by atoms with Crippen LogP contribution in [0.3, 0.4) is 0 Å². The van der Waals surface area contributed by atoms with E-state index in [1.165, 1.54) is 0 Å². The van der Waals surface area contributed by atoms with Crippen molar-refractivity contribution in [1.29, 1.82) is 0 Å². The van der Waals surface area contributed by atoms with E-state index in [-0.39, 0.29) is 43.3 Å².